The van der Waals surface area contributed by atoms with Crippen molar-refractivity contribution in [1.29, 1.82) is 0 Å². The molecule has 8 heteroatoms. The zero-order valence-corrected chi connectivity index (χ0v) is 22.7. The van der Waals surface area contributed by atoms with E-state index in [4.69, 9.17) is 32.7 Å². The number of ether oxygens (including phenoxy) is 2. The van der Waals surface area contributed by atoms with Gasteiger partial charge in [-0.25, -0.2) is 4.98 Å². The maximum atomic E-state index is 6.55. The Morgan fingerprint density at radius 3 is 2.50 bits per heavy atom. The Bertz CT molecular complexity index is 1240. The van der Waals surface area contributed by atoms with E-state index in [2.05, 4.69) is 56.0 Å². The molecule has 0 unspecified atom stereocenters. The molecule has 1 saturated carbocycles. The minimum Gasteiger partial charge on any atom is -0.344 e. The van der Waals surface area contributed by atoms with Crippen LogP contribution in [0.2, 0.25) is 10.4 Å². The van der Waals surface area contributed by atoms with Crippen molar-refractivity contribution in [3.8, 4) is 0 Å². The number of likely N-dealkylation sites (tertiary alicyclic amines) is 1. The molecule has 0 radical (unpaired) electrons. The minimum atomic E-state index is -0.592. The van der Waals surface area contributed by atoms with Gasteiger partial charge in [0.1, 0.15) is 16.9 Å². The average molecular weight is 530 g/mol. The first-order valence-electron chi connectivity index (χ1n) is 13.1. The molecule has 3 fully saturated rings. The van der Waals surface area contributed by atoms with E-state index in [9.17, 15) is 0 Å². The highest BCUT2D eigenvalue weighted by Gasteiger charge is 2.56. The second-order valence-corrected chi connectivity index (χ2v) is 11.8. The molecule has 2 aromatic heterocycles. The van der Waals surface area contributed by atoms with Gasteiger partial charge in [0, 0.05) is 12.7 Å². The second kappa shape index (κ2) is 9.55. The number of nitrogens with zero attached hydrogens (tertiary/aromatic N) is 4. The molecule has 6 rings (SSSR count). The van der Waals surface area contributed by atoms with Crippen LogP contribution in [0.3, 0.4) is 0 Å². The zero-order chi connectivity index (χ0) is 25.0. The van der Waals surface area contributed by atoms with E-state index in [1.807, 2.05) is 20.8 Å². The Morgan fingerprint density at radius 2 is 1.75 bits per heavy atom. The van der Waals surface area contributed by atoms with Gasteiger partial charge in [0.25, 0.3) is 0 Å². The molecule has 2 saturated heterocycles. The molecule has 3 aliphatic rings. The van der Waals surface area contributed by atoms with Crippen LogP contribution in [0.15, 0.2) is 36.5 Å². The fourth-order valence-corrected chi connectivity index (χ4v) is 7.29. The van der Waals surface area contributed by atoms with Crippen LogP contribution in [-0.2, 0) is 15.9 Å². The molecule has 2 aliphatic heterocycles. The zero-order valence-electron chi connectivity index (χ0n) is 21.2. The van der Waals surface area contributed by atoms with Crippen LogP contribution in [0.5, 0.6) is 0 Å². The molecule has 0 amide bonds. The summed E-state index contributed by atoms with van der Waals surface area (Å²) >= 11 is 12.7. The quantitative estimate of drug-likeness (QED) is 0.296. The fourth-order valence-electron chi connectivity index (χ4n) is 6.77. The van der Waals surface area contributed by atoms with E-state index in [0.717, 1.165) is 49.1 Å². The van der Waals surface area contributed by atoms with Gasteiger partial charge >= 0.3 is 0 Å². The SMILES string of the molecule is Cc1cn([C@@H]2C[C@H](C3CCN(CCc4ccccc4)CC3)[C@H]3OC(C)(C)O[C@H]32)c2nc(Cl)nc(Cl)c12. The van der Waals surface area contributed by atoms with E-state index >= 15 is 0 Å². The highest BCUT2D eigenvalue weighted by atomic mass is 35.5. The molecule has 0 bridgehead atoms. The number of aromatic nitrogens is 3. The molecule has 4 heterocycles. The van der Waals surface area contributed by atoms with Crippen LogP contribution >= 0.6 is 23.2 Å². The molecule has 1 aromatic carbocycles. The Labute approximate surface area is 222 Å². The second-order valence-electron chi connectivity index (χ2n) is 11.1. The number of aryl methyl sites for hydroxylation is 1. The first kappa shape index (κ1) is 24.6. The number of halogens is 2. The summed E-state index contributed by atoms with van der Waals surface area (Å²) in [5.41, 5.74) is 3.25. The Morgan fingerprint density at radius 1 is 1.03 bits per heavy atom. The van der Waals surface area contributed by atoms with Crippen LogP contribution in [0.4, 0.5) is 0 Å². The van der Waals surface area contributed by atoms with Crippen molar-refractivity contribution in [1.82, 2.24) is 19.4 Å². The first-order valence-corrected chi connectivity index (χ1v) is 13.9. The van der Waals surface area contributed by atoms with Gasteiger partial charge in [0.05, 0.1) is 17.5 Å². The van der Waals surface area contributed by atoms with Crippen molar-refractivity contribution in [3.63, 3.8) is 0 Å². The van der Waals surface area contributed by atoms with Crippen LogP contribution in [0.25, 0.3) is 11.0 Å². The highest BCUT2D eigenvalue weighted by molar-refractivity contribution is 6.35. The number of benzene rings is 1. The number of hydrogen-bond donors (Lipinski definition) is 0. The average Bonchev–Trinajstić information content (AvgIpc) is 3.46. The summed E-state index contributed by atoms with van der Waals surface area (Å²) in [5, 5.41) is 1.44. The van der Waals surface area contributed by atoms with E-state index in [-0.39, 0.29) is 23.5 Å². The van der Waals surface area contributed by atoms with Crippen molar-refractivity contribution in [2.45, 2.75) is 70.5 Å². The normalized spacial score (nSPS) is 28.7. The van der Waals surface area contributed by atoms with Gasteiger partial charge in [-0.1, -0.05) is 41.9 Å². The Hall–Kier alpha value is -1.70. The van der Waals surface area contributed by atoms with Gasteiger partial charge in [-0.05, 0) is 94.1 Å². The lowest BCUT2D eigenvalue weighted by Crippen LogP contribution is -2.40. The van der Waals surface area contributed by atoms with Crippen LogP contribution < -0.4 is 0 Å². The number of piperidine rings is 1. The van der Waals surface area contributed by atoms with Crippen LogP contribution in [0, 0.1) is 18.8 Å². The lowest BCUT2D eigenvalue weighted by molar-refractivity contribution is -0.163. The standard InChI is InChI=1S/C28H34Cl2N4O2/c1-17-16-34(26-22(17)25(29)31-27(30)32-26)21-15-20(23-24(21)36-28(2,3)35-23)19-10-13-33(14-11-19)12-9-18-7-5-4-6-8-18/h4-8,16,19-21,23-24H,9-15H2,1-3H3/t20-,21-,23-,24+/m1/s1. The van der Waals surface area contributed by atoms with Gasteiger partial charge < -0.3 is 18.9 Å². The fraction of sp³-hybridized carbons (Fsp3) is 0.571. The third-order valence-electron chi connectivity index (χ3n) is 8.42. The van der Waals surface area contributed by atoms with Gasteiger partial charge in [0.15, 0.2) is 5.79 Å². The Balaban J connectivity index is 1.20. The van der Waals surface area contributed by atoms with Gasteiger partial charge in [0.2, 0.25) is 5.28 Å². The number of rotatable bonds is 5. The molecule has 6 nitrogen and oxygen atoms in total. The summed E-state index contributed by atoms with van der Waals surface area (Å²) in [7, 11) is 0. The van der Waals surface area contributed by atoms with Crippen molar-refractivity contribution < 1.29 is 9.47 Å². The van der Waals surface area contributed by atoms with Crippen molar-refractivity contribution in [3.05, 3.63) is 58.1 Å². The molecular formula is C28H34Cl2N4O2. The molecule has 36 heavy (non-hydrogen) atoms. The summed E-state index contributed by atoms with van der Waals surface area (Å²) in [6, 6.07) is 10.9. The third kappa shape index (κ3) is 4.56. The minimum absolute atomic E-state index is 0.0244. The van der Waals surface area contributed by atoms with Crippen molar-refractivity contribution in [2.24, 2.45) is 11.8 Å². The Kier molecular flexibility index (Phi) is 6.54. The van der Waals surface area contributed by atoms with Crippen LogP contribution in [-0.4, -0.2) is 57.1 Å². The molecule has 0 N–H and O–H groups in total. The highest BCUT2D eigenvalue weighted by Crippen LogP contribution is 2.52. The largest absolute Gasteiger partial charge is 0.344 e. The van der Waals surface area contributed by atoms with E-state index in [1.165, 1.54) is 18.4 Å². The molecule has 4 atom stereocenters. The molecule has 192 valence electrons. The van der Waals surface area contributed by atoms with E-state index < -0.39 is 5.79 Å². The first-order chi connectivity index (χ1) is 17.3. The van der Waals surface area contributed by atoms with E-state index in [1.54, 1.807) is 0 Å². The van der Waals surface area contributed by atoms with Crippen molar-refractivity contribution >= 4 is 34.2 Å². The smallest absolute Gasteiger partial charge is 0.225 e. The maximum absolute atomic E-state index is 6.55. The molecule has 3 aromatic rings. The third-order valence-corrected chi connectivity index (χ3v) is 8.87. The molecule has 1 aliphatic carbocycles. The maximum Gasteiger partial charge on any atom is 0.225 e. The summed E-state index contributed by atoms with van der Waals surface area (Å²) in [4.78, 5) is 11.4. The van der Waals surface area contributed by atoms with Gasteiger partial charge in [-0.3, -0.25) is 0 Å². The topological polar surface area (TPSA) is 52.4 Å². The summed E-state index contributed by atoms with van der Waals surface area (Å²) in [6.07, 6.45) is 6.70. The number of fused-ring (bicyclic) bond motifs is 2. The monoisotopic (exact) mass is 528 g/mol. The predicted molar refractivity (Wildman–Crippen MR) is 143 cm³/mol. The van der Waals surface area contributed by atoms with Gasteiger partial charge in [-0.2, -0.15) is 4.98 Å². The van der Waals surface area contributed by atoms with Crippen LogP contribution in [0.1, 0.15) is 50.3 Å². The van der Waals surface area contributed by atoms with Gasteiger partial charge in [-0.15, -0.1) is 0 Å². The van der Waals surface area contributed by atoms with Crippen molar-refractivity contribution in [2.75, 3.05) is 19.6 Å². The molecule has 0 spiro atoms. The van der Waals surface area contributed by atoms with E-state index in [0.29, 0.717) is 17.0 Å². The summed E-state index contributed by atoms with van der Waals surface area (Å²) in [6.45, 7) is 9.52. The lowest BCUT2D eigenvalue weighted by atomic mass is 9.81. The predicted octanol–water partition coefficient (Wildman–Crippen LogP) is 6.08. The number of hydrogen-bond acceptors (Lipinski definition) is 5. The summed E-state index contributed by atoms with van der Waals surface area (Å²) in [5.74, 6) is 0.478. The summed E-state index contributed by atoms with van der Waals surface area (Å²) < 4.78 is 15.3. The lowest BCUT2D eigenvalue weighted by Gasteiger charge is -2.36. The molecular weight excluding hydrogens is 495 g/mol.